The summed E-state index contributed by atoms with van der Waals surface area (Å²) in [6.45, 7) is 7.51. The quantitative estimate of drug-likeness (QED) is 0.456. The van der Waals surface area contributed by atoms with Crippen LogP contribution in [0.15, 0.2) is 18.2 Å². The molecule has 1 rings (SSSR count). The molecule has 2 N–H and O–H groups in total. The van der Waals surface area contributed by atoms with Crippen LogP contribution >= 0.6 is 46.1 Å². The first-order valence-corrected chi connectivity index (χ1v) is 10.5. The fourth-order valence-corrected chi connectivity index (χ4v) is 2.85. The molecule has 0 saturated heterocycles. The molecule has 1 aromatic rings. The summed E-state index contributed by atoms with van der Waals surface area (Å²) in [6, 6.07) is 6.62. The third-order valence-electron chi connectivity index (χ3n) is 3.11. The Hall–Kier alpha value is 0.410. The Morgan fingerprint density at radius 1 is 1.25 bits per heavy atom. The summed E-state index contributed by atoms with van der Waals surface area (Å²) in [5.41, 5.74) is 2.61. The van der Waals surface area contributed by atoms with Crippen molar-refractivity contribution in [1.82, 2.24) is 5.32 Å². The summed E-state index contributed by atoms with van der Waals surface area (Å²) in [5.74, 6) is 1.14. The second kappa shape index (κ2) is 9.43. The Balaban J connectivity index is 2.60. The molecule has 2 nitrogen and oxygen atoms in total. The van der Waals surface area contributed by atoms with Gasteiger partial charge in [-0.3, -0.25) is 0 Å². The van der Waals surface area contributed by atoms with E-state index in [-0.39, 0.29) is 4.75 Å². The number of hydrogen-bond donors (Lipinski definition) is 2. The van der Waals surface area contributed by atoms with E-state index in [1.807, 2.05) is 23.5 Å². The molecule has 114 valence electrons. The van der Waals surface area contributed by atoms with Gasteiger partial charge >= 0.3 is 0 Å². The van der Waals surface area contributed by atoms with E-state index in [9.17, 15) is 0 Å². The van der Waals surface area contributed by atoms with E-state index in [2.05, 4.69) is 77.8 Å². The molecule has 0 aromatic heterocycles. The summed E-state index contributed by atoms with van der Waals surface area (Å²) in [6.07, 6.45) is 4.31. The molecule has 1 aromatic carbocycles. The SMILES string of the molecule is CSCCNc1ccc(I)cc1CNCC(C)(C)SC. The number of thioether (sulfide) groups is 2. The van der Waals surface area contributed by atoms with Gasteiger partial charge in [0, 0.05) is 39.4 Å². The highest BCUT2D eigenvalue weighted by Gasteiger charge is 2.15. The zero-order chi connectivity index (χ0) is 15.0. The van der Waals surface area contributed by atoms with Crippen LogP contribution in [0.1, 0.15) is 19.4 Å². The molecule has 0 aliphatic heterocycles. The number of nitrogens with one attached hydrogen (secondary N) is 2. The van der Waals surface area contributed by atoms with Gasteiger partial charge in [-0.15, -0.1) is 0 Å². The van der Waals surface area contributed by atoms with Crippen LogP contribution in [0.25, 0.3) is 0 Å². The number of benzene rings is 1. The van der Waals surface area contributed by atoms with E-state index in [4.69, 9.17) is 0 Å². The van der Waals surface area contributed by atoms with Gasteiger partial charge in [-0.25, -0.2) is 0 Å². The van der Waals surface area contributed by atoms with Crippen LogP contribution in [0.5, 0.6) is 0 Å². The Morgan fingerprint density at radius 2 is 2.00 bits per heavy atom. The average Bonchev–Trinajstić information content (AvgIpc) is 2.41. The molecule has 0 amide bonds. The van der Waals surface area contributed by atoms with Crippen LogP contribution in [0.3, 0.4) is 0 Å². The molecule has 0 unspecified atom stereocenters. The first-order valence-electron chi connectivity index (χ1n) is 6.75. The monoisotopic (exact) mass is 424 g/mol. The Morgan fingerprint density at radius 3 is 2.65 bits per heavy atom. The predicted molar refractivity (Wildman–Crippen MR) is 105 cm³/mol. The molecule has 0 spiro atoms. The van der Waals surface area contributed by atoms with Crippen molar-refractivity contribution in [3.05, 3.63) is 27.3 Å². The number of hydrogen-bond acceptors (Lipinski definition) is 4. The van der Waals surface area contributed by atoms with Crippen LogP contribution < -0.4 is 10.6 Å². The van der Waals surface area contributed by atoms with E-state index in [0.717, 1.165) is 25.4 Å². The smallest absolute Gasteiger partial charge is 0.0386 e. The van der Waals surface area contributed by atoms with Crippen LogP contribution in [0.4, 0.5) is 5.69 Å². The van der Waals surface area contributed by atoms with Gasteiger partial charge in [0.15, 0.2) is 0 Å². The minimum absolute atomic E-state index is 0.286. The first kappa shape index (κ1) is 18.5. The van der Waals surface area contributed by atoms with Gasteiger partial charge in [0.25, 0.3) is 0 Å². The fraction of sp³-hybridized carbons (Fsp3) is 0.600. The van der Waals surface area contributed by atoms with Gasteiger partial charge in [0.2, 0.25) is 0 Å². The Bertz CT molecular complexity index is 411. The van der Waals surface area contributed by atoms with Gasteiger partial charge in [-0.2, -0.15) is 23.5 Å². The van der Waals surface area contributed by atoms with Crippen molar-refractivity contribution < 1.29 is 0 Å². The van der Waals surface area contributed by atoms with Crippen LogP contribution in [-0.2, 0) is 6.54 Å². The topological polar surface area (TPSA) is 24.1 Å². The highest BCUT2D eigenvalue weighted by molar-refractivity contribution is 14.1. The largest absolute Gasteiger partial charge is 0.384 e. The lowest BCUT2D eigenvalue weighted by Crippen LogP contribution is -2.31. The molecule has 0 atom stereocenters. The minimum Gasteiger partial charge on any atom is -0.384 e. The maximum atomic E-state index is 3.58. The lowest BCUT2D eigenvalue weighted by atomic mass is 10.1. The average molecular weight is 424 g/mol. The zero-order valence-electron chi connectivity index (χ0n) is 12.8. The second-order valence-corrected chi connectivity index (χ2v) is 9.03. The molecule has 0 fully saturated rings. The summed E-state index contributed by atoms with van der Waals surface area (Å²) in [4.78, 5) is 0. The zero-order valence-corrected chi connectivity index (χ0v) is 16.5. The van der Waals surface area contributed by atoms with E-state index < -0.39 is 0 Å². The Kier molecular flexibility index (Phi) is 8.71. The van der Waals surface area contributed by atoms with E-state index in [0.29, 0.717) is 0 Å². The fourth-order valence-electron chi connectivity index (χ4n) is 1.74. The molecule has 0 bridgehead atoms. The van der Waals surface area contributed by atoms with Gasteiger partial charge in [-0.1, -0.05) is 0 Å². The molecule has 5 heteroatoms. The number of halogens is 1. The highest BCUT2D eigenvalue weighted by Crippen LogP contribution is 2.22. The summed E-state index contributed by atoms with van der Waals surface area (Å²) in [7, 11) is 0. The van der Waals surface area contributed by atoms with Crippen LogP contribution in [0.2, 0.25) is 0 Å². The minimum atomic E-state index is 0.286. The van der Waals surface area contributed by atoms with Crippen molar-refractivity contribution in [3.8, 4) is 0 Å². The molecule has 0 saturated carbocycles. The van der Waals surface area contributed by atoms with Crippen molar-refractivity contribution in [2.24, 2.45) is 0 Å². The van der Waals surface area contributed by atoms with Gasteiger partial charge < -0.3 is 10.6 Å². The van der Waals surface area contributed by atoms with Crippen LogP contribution in [0, 0.1) is 3.57 Å². The van der Waals surface area contributed by atoms with Gasteiger partial charge in [0.1, 0.15) is 0 Å². The summed E-state index contributed by atoms with van der Waals surface area (Å²) in [5, 5.41) is 7.12. The molecule has 0 radical (unpaired) electrons. The molecule has 20 heavy (non-hydrogen) atoms. The Labute approximate surface area is 145 Å². The summed E-state index contributed by atoms with van der Waals surface area (Å²) < 4.78 is 1.58. The third kappa shape index (κ3) is 6.91. The van der Waals surface area contributed by atoms with Crippen molar-refractivity contribution in [3.63, 3.8) is 0 Å². The van der Waals surface area contributed by atoms with E-state index in [1.54, 1.807) is 0 Å². The molecule has 0 aliphatic rings. The third-order valence-corrected chi connectivity index (χ3v) is 5.64. The standard InChI is InChI=1S/C15H25IN2S2/c1-15(2,20-4)11-17-10-12-9-13(16)5-6-14(12)18-7-8-19-3/h5-6,9,17-18H,7-8,10-11H2,1-4H3. The van der Waals surface area contributed by atoms with Gasteiger partial charge in [-0.05, 0) is 72.7 Å². The maximum Gasteiger partial charge on any atom is 0.0386 e. The van der Waals surface area contributed by atoms with E-state index >= 15 is 0 Å². The van der Waals surface area contributed by atoms with Crippen molar-refractivity contribution >= 4 is 51.8 Å². The predicted octanol–water partition coefficient (Wildman–Crippen LogP) is 4.30. The number of rotatable bonds is 9. The van der Waals surface area contributed by atoms with Crippen molar-refractivity contribution in [1.29, 1.82) is 0 Å². The van der Waals surface area contributed by atoms with E-state index in [1.165, 1.54) is 14.8 Å². The van der Waals surface area contributed by atoms with Gasteiger partial charge in [0.05, 0.1) is 0 Å². The summed E-state index contributed by atoms with van der Waals surface area (Å²) >= 11 is 6.15. The highest BCUT2D eigenvalue weighted by atomic mass is 127. The molecule has 0 aliphatic carbocycles. The first-order chi connectivity index (χ1) is 9.48. The lowest BCUT2D eigenvalue weighted by molar-refractivity contribution is 0.591. The number of anilines is 1. The molecular weight excluding hydrogens is 399 g/mol. The second-order valence-electron chi connectivity index (χ2n) is 5.29. The molecular formula is C15H25IN2S2. The maximum absolute atomic E-state index is 3.58. The lowest BCUT2D eigenvalue weighted by Gasteiger charge is -2.23. The van der Waals surface area contributed by atoms with Crippen LogP contribution in [-0.4, -0.2) is 36.1 Å². The van der Waals surface area contributed by atoms with Crippen molar-refractivity contribution in [2.75, 3.05) is 36.7 Å². The molecule has 0 heterocycles. The van der Waals surface area contributed by atoms with Crippen molar-refractivity contribution in [2.45, 2.75) is 25.1 Å². The normalized spacial score (nSPS) is 11.7.